The number of aliphatic carboxylic acids is 1. The van der Waals surface area contributed by atoms with Crippen LogP contribution in [0.15, 0.2) is 17.1 Å². The maximum Gasteiger partial charge on any atom is 0.311 e. The summed E-state index contributed by atoms with van der Waals surface area (Å²) in [6.07, 6.45) is 3.50. The molecule has 0 bridgehead atoms. The SMILES string of the molecule is COCCC1(C(=O)O)CCCN(Cc2cc(=O)c(OC)c[nH]2)C1. The topological polar surface area (TPSA) is 91.9 Å². The van der Waals surface area contributed by atoms with Gasteiger partial charge in [-0.3, -0.25) is 14.5 Å². The number of aromatic amines is 1. The van der Waals surface area contributed by atoms with E-state index in [1.807, 2.05) is 0 Å². The van der Waals surface area contributed by atoms with E-state index < -0.39 is 11.4 Å². The van der Waals surface area contributed by atoms with Crippen molar-refractivity contribution in [2.24, 2.45) is 5.41 Å². The van der Waals surface area contributed by atoms with Gasteiger partial charge >= 0.3 is 5.97 Å². The van der Waals surface area contributed by atoms with Gasteiger partial charge in [0.25, 0.3) is 0 Å². The molecule has 2 N–H and O–H groups in total. The number of nitrogens with zero attached hydrogens (tertiary/aromatic N) is 1. The van der Waals surface area contributed by atoms with Gasteiger partial charge < -0.3 is 19.6 Å². The Balaban J connectivity index is 2.09. The summed E-state index contributed by atoms with van der Waals surface area (Å²) in [7, 11) is 3.03. The highest BCUT2D eigenvalue weighted by Crippen LogP contribution is 2.34. The minimum absolute atomic E-state index is 0.179. The van der Waals surface area contributed by atoms with E-state index in [1.165, 1.54) is 19.4 Å². The van der Waals surface area contributed by atoms with Crippen LogP contribution in [0.1, 0.15) is 25.0 Å². The maximum absolute atomic E-state index is 11.8. The molecule has 1 aliphatic rings. The first-order chi connectivity index (χ1) is 11.0. The van der Waals surface area contributed by atoms with Gasteiger partial charge in [0.1, 0.15) is 0 Å². The molecule has 1 fully saturated rings. The largest absolute Gasteiger partial charge is 0.491 e. The fraction of sp³-hybridized carbons (Fsp3) is 0.625. The van der Waals surface area contributed by atoms with Gasteiger partial charge in [0.2, 0.25) is 5.43 Å². The zero-order valence-electron chi connectivity index (χ0n) is 13.6. The number of likely N-dealkylation sites (tertiary alicyclic amines) is 1. The predicted octanol–water partition coefficient (Wildman–Crippen LogP) is 1.09. The molecule has 7 heteroatoms. The molecule has 1 aromatic rings. The van der Waals surface area contributed by atoms with Gasteiger partial charge in [0.15, 0.2) is 5.75 Å². The quantitative estimate of drug-likeness (QED) is 0.780. The summed E-state index contributed by atoms with van der Waals surface area (Å²) in [6, 6.07) is 1.51. The first kappa shape index (κ1) is 17.5. The average Bonchev–Trinajstić information content (AvgIpc) is 2.53. The van der Waals surface area contributed by atoms with E-state index in [0.717, 1.165) is 18.7 Å². The van der Waals surface area contributed by atoms with Crippen LogP contribution in [0.4, 0.5) is 0 Å². The molecule has 0 spiro atoms. The number of pyridine rings is 1. The second-order valence-electron chi connectivity index (χ2n) is 6.03. The summed E-state index contributed by atoms with van der Waals surface area (Å²) in [4.78, 5) is 28.7. The van der Waals surface area contributed by atoms with E-state index in [0.29, 0.717) is 32.5 Å². The molecule has 2 rings (SSSR count). The number of hydrogen-bond acceptors (Lipinski definition) is 5. The van der Waals surface area contributed by atoms with Crippen LogP contribution in [0.25, 0.3) is 0 Å². The van der Waals surface area contributed by atoms with Crippen molar-refractivity contribution in [2.75, 3.05) is 33.9 Å². The summed E-state index contributed by atoms with van der Waals surface area (Å²) in [5, 5.41) is 9.66. The Morgan fingerprint density at radius 1 is 1.48 bits per heavy atom. The zero-order valence-corrected chi connectivity index (χ0v) is 13.6. The third kappa shape index (κ3) is 4.11. The number of aromatic nitrogens is 1. The molecule has 23 heavy (non-hydrogen) atoms. The molecule has 128 valence electrons. The fourth-order valence-corrected chi connectivity index (χ4v) is 3.14. The van der Waals surface area contributed by atoms with E-state index in [9.17, 15) is 14.7 Å². The number of carboxylic acids is 1. The molecule has 0 aliphatic carbocycles. The van der Waals surface area contributed by atoms with Crippen molar-refractivity contribution in [3.05, 3.63) is 28.2 Å². The molecular formula is C16H24N2O5. The van der Waals surface area contributed by atoms with Crippen LogP contribution in [0.3, 0.4) is 0 Å². The summed E-state index contributed by atoms with van der Waals surface area (Å²) in [5.74, 6) is -0.505. The van der Waals surface area contributed by atoms with Crippen LogP contribution < -0.4 is 10.2 Å². The normalized spacial score (nSPS) is 22.0. The van der Waals surface area contributed by atoms with Crippen molar-refractivity contribution in [1.29, 1.82) is 0 Å². The number of methoxy groups -OCH3 is 2. The molecule has 7 nitrogen and oxygen atoms in total. The maximum atomic E-state index is 11.8. The summed E-state index contributed by atoms with van der Waals surface area (Å²) in [6.45, 7) is 2.22. The third-order valence-electron chi connectivity index (χ3n) is 4.45. The predicted molar refractivity (Wildman–Crippen MR) is 84.7 cm³/mol. The molecular weight excluding hydrogens is 300 g/mol. The van der Waals surface area contributed by atoms with Gasteiger partial charge in [-0.05, 0) is 25.8 Å². The highest BCUT2D eigenvalue weighted by Gasteiger charge is 2.41. The number of H-pyrrole nitrogens is 1. The highest BCUT2D eigenvalue weighted by molar-refractivity contribution is 5.75. The fourth-order valence-electron chi connectivity index (χ4n) is 3.14. The van der Waals surface area contributed by atoms with Crippen molar-refractivity contribution in [1.82, 2.24) is 9.88 Å². The van der Waals surface area contributed by atoms with E-state index in [-0.39, 0.29) is 11.2 Å². The van der Waals surface area contributed by atoms with Gasteiger partial charge in [0.05, 0.1) is 12.5 Å². The number of rotatable bonds is 7. The summed E-state index contributed by atoms with van der Waals surface area (Å²) >= 11 is 0. The van der Waals surface area contributed by atoms with Gasteiger partial charge in [-0.1, -0.05) is 0 Å². The molecule has 0 amide bonds. The lowest BCUT2D eigenvalue weighted by atomic mass is 9.77. The molecule has 1 aromatic heterocycles. The molecule has 0 radical (unpaired) electrons. The van der Waals surface area contributed by atoms with E-state index in [4.69, 9.17) is 9.47 Å². The van der Waals surface area contributed by atoms with Crippen LogP contribution in [0, 0.1) is 5.41 Å². The Labute approximate surface area is 135 Å². The van der Waals surface area contributed by atoms with Crippen LogP contribution in [-0.4, -0.2) is 54.9 Å². The Morgan fingerprint density at radius 3 is 2.87 bits per heavy atom. The van der Waals surface area contributed by atoms with Gasteiger partial charge in [-0.2, -0.15) is 0 Å². The van der Waals surface area contributed by atoms with Gasteiger partial charge in [0, 0.05) is 44.8 Å². The first-order valence-corrected chi connectivity index (χ1v) is 7.71. The number of hydrogen-bond donors (Lipinski definition) is 2. The first-order valence-electron chi connectivity index (χ1n) is 7.71. The highest BCUT2D eigenvalue weighted by atomic mass is 16.5. The lowest BCUT2D eigenvalue weighted by Gasteiger charge is -2.39. The van der Waals surface area contributed by atoms with Crippen LogP contribution >= 0.6 is 0 Å². The second-order valence-corrected chi connectivity index (χ2v) is 6.03. The van der Waals surface area contributed by atoms with Crippen LogP contribution in [0.2, 0.25) is 0 Å². The number of carboxylic acid groups (broad SMARTS) is 1. The standard InChI is InChI=1S/C16H24N2O5/c1-22-7-5-16(15(20)21)4-3-6-18(11-16)10-12-8-13(19)14(23-2)9-17-12/h8-9H,3-7,10-11H2,1-2H3,(H,17,19)(H,20,21). The summed E-state index contributed by atoms with van der Waals surface area (Å²) < 4.78 is 10.0. The lowest BCUT2D eigenvalue weighted by molar-refractivity contribution is -0.154. The Kier molecular flexibility index (Phi) is 5.79. The van der Waals surface area contributed by atoms with Crippen molar-refractivity contribution >= 4 is 5.97 Å². The van der Waals surface area contributed by atoms with Gasteiger partial charge in [-0.25, -0.2) is 0 Å². The minimum atomic E-state index is -0.777. The molecule has 0 aromatic carbocycles. The lowest BCUT2D eigenvalue weighted by Crippen LogP contribution is -2.48. The Morgan fingerprint density at radius 2 is 2.26 bits per heavy atom. The van der Waals surface area contributed by atoms with Crippen molar-refractivity contribution < 1.29 is 19.4 Å². The number of nitrogens with one attached hydrogen (secondary N) is 1. The van der Waals surface area contributed by atoms with Gasteiger partial charge in [-0.15, -0.1) is 0 Å². The van der Waals surface area contributed by atoms with Crippen molar-refractivity contribution in [3.63, 3.8) is 0 Å². The van der Waals surface area contributed by atoms with E-state index in [2.05, 4.69) is 9.88 Å². The molecule has 1 atom stereocenters. The van der Waals surface area contributed by atoms with Crippen LogP contribution in [0.5, 0.6) is 5.75 Å². The Hall–Kier alpha value is -1.86. The second kappa shape index (κ2) is 7.61. The zero-order chi connectivity index (χ0) is 16.9. The van der Waals surface area contributed by atoms with Crippen molar-refractivity contribution in [3.8, 4) is 5.75 Å². The molecule has 2 heterocycles. The summed E-state index contributed by atoms with van der Waals surface area (Å²) in [5.41, 5.74) is -0.202. The number of piperidine rings is 1. The monoisotopic (exact) mass is 324 g/mol. The van der Waals surface area contributed by atoms with E-state index >= 15 is 0 Å². The average molecular weight is 324 g/mol. The Bertz CT molecular complexity index is 600. The van der Waals surface area contributed by atoms with E-state index in [1.54, 1.807) is 7.11 Å². The smallest absolute Gasteiger partial charge is 0.311 e. The number of carbonyl (C=O) groups is 1. The molecule has 1 saturated heterocycles. The third-order valence-corrected chi connectivity index (χ3v) is 4.45. The minimum Gasteiger partial charge on any atom is -0.491 e. The number of ether oxygens (including phenoxy) is 2. The molecule has 0 saturated carbocycles. The molecule has 1 unspecified atom stereocenters. The van der Waals surface area contributed by atoms with Crippen molar-refractivity contribution in [2.45, 2.75) is 25.8 Å². The van der Waals surface area contributed by atoms with Crippen LogP contribution in [-0.2, 0) is 16.1 Å². The molecule has 1 aliphatic heterocycles.